The lowest BCUT2D eigenvalue weighted by molar-refractivity contribution is -0.147. The number of aromatic nitrogens is 2. The van der Waals surface area contributed by atoms with Crippen molar-refractivity contribution in [3.05, 3.63) is 54.5 Å². The van der Waals surface area contributed by atoms with E-state index in [1.54, 1.807) is 24.3 Å². The quantitative estimate of drug-likeness (QED) is 0.815. The van der Waals surface area contributed by atoms with Gasteiger partial charge >= 0.3 is 6.18 Å². The molecule has 0 aliphatic carbocycles. The SMILES string of the molecule is [CH2]C(=O)c1cn(Cc2ccc(OC)cc2)c(C(F)(F)F)n1. The van der Waals surface area contributed by atoms with Gasteiger partial charge in [0, 0.05) is 19.7 Å². The summed E-state index contributed by atoms with van der Waals surface area (Å²) in [5.74, 6) is -1.27. The van der Waals surface area contributed by atoms with E-state index in [0.717, 1.165) is 10.8 Å². The predicted octanol–water partition coefficient (Wildman–Crippen LogP) is 2.98. The van der Waals surface area contributed by atoms with E-state index >= 15 is 0 Å². The number of alkyl halides is 3. The van der Waals surface area contributed by atoms with E-state index < -0.39 is 17.8 Å². The zero-order chi connectivity index (χ0) is 15.6. The molecule has 4 nitrogen and oxygen atoms in total. The molecule has 0 spiro atoms. The maximum absolute atomic E-state index is 12.9. The first-order valence-electron chi connectivity index (χ1n) is 5.95. The Kier molecular flexibility index (Phi) is 4.02. The van der Waals surface area contributed by atoms with Gasteiger partial charge in [0.2, 0.25) is 5.82 Å². The smallest absolute Gasteiger partial charge is 0.449 e. The van der Waals surface area contributed by atoms with Crippen LogP contribution in [-0.2, 0) is 12.7 Å². The molecule has 0 atom stereocenters. The van der Waals surface area contributed by atoms with E-state index in [2.05, 4.69) is 11.9 Å². The van der Waals surface area contributed by atoms with Crippen LogP contribution in [-0.4, -0.2) is 22.4 Å². The number of ether oxygens (including phenoxy) is 1. The number of carbonyl (C=O) groups excluding carboxylic acids is 1. The summed E-state index contributed by atoms with van der Waals surface area (Å²) in [7, 11) is 1.50. The first-order chi connectivity index (χ1) is 9.81. The lowest BCUT2D eigenvalue weighted by Gasteiger charge is -2.10. The van der Waals surface area contributed by atoms with Crippen molar-refractivity contribution in [3.63, 3.8) is 0 Å². The Morgan fingerprint density at radius 3 is 2.43 bits per heavy atom. The van der Waals surface area contributed by atoms with Gasteiger partial charge in [0.05, 0.1) is 7.11 Å². The summed E-state index contributed by atoms with van der Waals surface area (Å²) in [5.41, 5.74) is 0.317. The van der Waals surface area contributed by atoms with Gasteiger partial charge in [-0.1, -0.05) is 12.1 Å². The lowest BCUT2D eigenvalue weighted by atomic mass is 10.2. The molecule has 1 radical (unpaired) electrons. The van der Waals surface area contributed by atoms with Crippen molar-refractivity contribution in [2.75, 3.05) is 7.11 Å². The molecule has 0 fully saturated rings. The molecule has 2 aromatic rings. The van der Waals surface area contributed by atoms with Gasteiger partial charge in [0.1, 0.15) is 11.4 Å². The number of rotatable bonds is 4. The van der Waals surface area contributed by atoms with E-state index in [0.29, 0.717) is 11.3 Å². The molecule has 1 aromatic heterocycles. The summed E-state index contributed by atoms with van der Waals surface area (Å²) in [5, 5.41) is 0. The Balaban J connectivity index is 2.35. The minimum Gasteiger partial charge on any atom is -0.497 e. The fourth-order valence-corrected chi connectivity index (χ4v) is 1.82. The Morgan fingerprint density at radius 2 is 1.95 bits per heavy atom. The normalized spacial score (nSPS) is 11.5. The highest BCUT2D eigenvalue weighted by Crippen LogP contribution is 2.29. The fourth-order valence-electron chi connectivity index (χ4n) is 1.82. The second-order valence-corrected chi connectivity index (χ2v) is 4.35. The molecule has 21 heavy (non-hydrogen) atoms. The average molecular weight is 297 g/mol. The summed E-state index contributed by atoms with van der Waals surface area (Å²) in [6, 6.07) is 6.58. The van der Waals surface area contributed by atoms with Gasteiger partial charge in [-0.15, -0.1) is 0 Å². The highest BCUT2D eigenvalue weighted by atomic mass is 19.4. The number of hydrogen-bond acceptors (Lipinski definition) is 3. The minimum absolute atomic E-state index is 0.0564. The van der Waals surface area contributed by atoms with Gasteiger partial charge < -0.3 is 9.30 Å². The van der Waals surface area contributed by atoms with Gasteiger partial charge in [-0.25, -0.2) is 4.98 Å². The fraction of sp³-hybridized carbons (Fsp3) is 0.214. The van der Waals surface area contributed by atoms with E-state index in [1.165, 1.54) is 7.11 Å². The van der Waals surface area contributed by atoms with Crippen LogP contribution in [0.25, 0.3) is 0 Å². The molecule has 7 heteroatoms. The third kappa shape index (κ3) is 3.42. The molecule has 0 N–H and O–H groups in total. The van der Waals surface area contributed by atoms with Crippen molar-refractivity contribution in [3.8, 4) is 5.75 Å². The maximum atomic E-state index is 12.9. The van der Waals surface area contributed by atoms with Crippen LogP contribution >= 0.6 is 0 Å². The number of carbonyl (C=O) groups is 1. The molecule has 1 heterocycles. The number of benzene rings is 1. The third-order valence-electron chi connectivity index (χ3n) is 2.83. The Morgan fingerprint density at radius 1 is 1.33 bits per heavy atom. The number of methoxy groups -OCH3 is 1. The summed E-state index contributed by atoms with van der Waals surface area (Å²) in [6.45, 7) is 3.02. The van der Waals surface area contributed by atoms with Crippen molar-refractivity contribution in [2.24, 2.45) is 0 Å². The van der Waals surface area contributed by atoms with Crippen LogP contribution < -0.4 is 4.74 Å². The molecular weight excluding hydrogens is 285 g/mol. The van der Waals surface area contributed by atoms with Crippen LogP contribution in [0, 0.1) is 6.92 Å². The van der Waals surface area contributed by atoms with Crippen molar-refractivity contribution in [1.29, 1.82) is 0 Å². The van der Waals surface area contributed by atoms with Gasteiger partial charge in [-0.05, 0) is 17.7 Å². The monoisotopic (exact) mass is 297 g/mol. The van der Waals surface area contributed by atoms with Gasteiger partial charge in [0.25, 0.3) is 0 Å². The number of nitrogens with zero attached hydrogens (tertiary/aromatic N) is 2. The summed E-state index contributed by atoms with van der Waals surface area (Å²) >= 11 is 0. The number of imidazole rings is 1. The van der Waals surface area contributed by atoms with E-state index in [4.69, 9.17) is 4.74 Å². The molecule has 0 saturated heterocycles. The average Bonchev–Trinajstić information content (AvgIpc) is 2.84. The predicted molar refractivity (Wildman–Crippen MR) is 69.0 cm³/mol. The molecule has 2 rings (SSSR count). The second kappa shape index (κ2) is 5.59. The maximum Gasteiger partial charge on any atom is 0.449 e. The van der Waals surface area contributed by atoms with Crippen molar-refractivity contribution >= 4 is 5.78 Å². The topological polar surface area (TPSA) is 44.1 Å². The van der Waals surface area contributed by atoms with Crippen LogP contribution in [0.3, 0.4) is 0 Å². The number of Topliss-reactive ketones (excluding diaryl/α,β-unsaturated/α-hetero) is 1. The largest absolute Gasteiger partial charge is 0.497 e. The molecule has 1 aromatic carbocycles. The highest BCUT2D eigenvalue weighted by molar-refractivity contribution is 5.97. The highest BCUT2D eigenvalue weighted by Gasteiger charge is 2.37. The summed E-state index contributed by atoms with van der Waals surface area (Å²) in [6.07, 6.45) is -3.58. The first kappa shape index (κ1) is 15.1. The number of hydrogen-bond donors (Lipinski definition) is 0. The van der Waals surface area contributed by atoms with E-state index in [-0.39, 0.29) is 12.2 Å². The zero-order valence-electron chi connectivity index (χ0n) is 11.1. The third-order valence-corrected chi connectivity index (χ3v) is 2.83. The lowest BCUT2D eigenvalue weighted by Crippen LogP contribution is -2.15. The molecule has 0 unspecified atom stereocenters. The van der Waals surface area contributed by atoms with Crippen LogP contribution in [0.15, 0.2) is 30.5 Å². The van der Waals surface area contributed by atoms with Crippen LogP contribution in [0.5, 0.6) is 5.75 Å². The second-order valence-electron chi connectivity index (χ2n) is 4.35. The molecule has 0 bridgehead atoms. The van der Waals surface area contributed by atoms with Gasteiger partial charge in [0.15, 0.2) is 5.78 Å². The van der Waals surface area contributed by atoms with Crippen molar-refractivity contribution in [1.82, 2.24) is 9.55 Å². The number of ketones is 1. The molecular formula is C14H12F3N2O2. The van der Waals surface area contributed by atoms with E-state index in [1.807, 2.05) is 0 Å². The number of halogens is 3. The van der Waals surface area contributed by atoms with Crippen molar-refractivity contribution < 1.29 is 22.7 Å². The molecule has 0 aliphatic heterocycles. The Hall–Kier alpha value is -2.31. The minimum atomic E-state index is -4.64. The zero-order valence-corrected chi connectivity index (χ0v) is 11.1. The van der Waals surface area contributed by atoms with Crippen LogP contribution in [0.2, 0.25) is 0 Å². The van der Waals surface area contributed by atoms with Crippen LogP contribution in [0.4, 0.5) is 13.2 Å². The Bertz CT molecular complexity index is 645. The van der Waals surface area contributed by atoms with Gasteiger partial charge in [-0.3, -0.25) is 4.79 Å². The molecule has 0 aliphatic rings. The van der Waals surface area contributed by atoms with Crippen molar-refractivity contribution in [2.45, 2.75) is 12.7 Å². The molecule has 111 valence electrons. The molecule has 0 saturated carbocycles. The van der Waals surface area contributed by atoms with E-state index in [9.17, 15) is 18.0 Å². The van der Waals surface area contributed by atoms with Crippen LogP contribution in [0.1, 0.15) is 21.9 Å². The van der Waals surface area contributed by atoms with Gasteiger partial charge in [-0.2, -0.15) is 13.2 Å². The molecule has 0 amide bonds. The summed E-state index contributed by atoms with van der Waals surface area (Å²) in [4.78, 5) is 14.4. The first-order valence-corrected chi connectivity index (χ1v) is 5.95. The summed E-state index contributed by atoms with van der Waals surface area (Å²) < 4.78 is 44.6. The standard InChI is InChI=1S/C14H12F3N2O2/c1-9(20)12-8-19(13(18-12)14(15,16)17)7-10-3-5-11(21-2)6-4-10/h3-6,8H,1,7H2,2H3. The Labute approximate surface area is 119 Å².